The summed E-state index contributed by atoms with van der Waals surface area (Å²) in [6.07, 6.45) is 0. The van der Waals surface area contributed by atoms with Crippen LogP contribution < -0.4 is 15.4 Å². The lowest BCUT2D eigenvalue weighted by atomic mass is 10.2. The van der Waals surface area contributed by atoms with Crippen molar-refractivity contribution >= 4 is 55.0 Å². The molecule has 2 N–H and O–H groups in total. The van der Waals surface area contributed by atoms with Crippen LogP contribution in [-0.4, -0.2) is 18.4 Å². The summed E-state index contributed by atoms with van der Waals surface area (Å²) < 4.78 is 7.17. The molecule has 7 heteroatoms. The Morgan fingerprint density at radius 3 is 2.16 bits per heavy atom. The lowest BCUT2D eigenvalue weighted by molar-refractivity contribution is -0.119. The van der Waals surface area contributed by atoms with Gasteiger partial charge in [0, 0.05) is 21.8 Å². The number of anilines is 2. The second-order valence-electron chi connectivity index (χ2n) is 5.63. The lowest BCUT2D eigenvalue weighted by Gasteiger charge is -2.10. The molecule has 2 amide bonds. The van der Waals surface area contributed by atoms with Crippen LogP contribution in [0.5, 0.6) is 5.75 Å². The summed E-state index contributed by atoms with van der Waals surface area (Å²) >= 11 is 6.74. The van der Waals surface area contributed by atoms with Crippen LogP contribution in [0, 0.1) is 5.92 Å². The van der Waals surface area contributed by atoms with Gasteiger partial charge in [-0.25, -0.2) is 0 Å². The smallest absolute Gasteiger partial charge is 0.262 e. The molecular formula is C18H18Br2N2O3. The Kier molecular flexibility index (Phi) is 7.01. The molecule has 0 saturated heterocycles. The maximum absolute atomic E-state index is 12.0. The van der Waals surface area contributed by atoms with Gasteiger partial charge in [-0.1, -0.05) is 29.8 Å². The molecule has 0 fully saturated rings. The van der Waals surface area contributed by atoms with Gasteiger partial charge in [0.25, 0.3) is 5.91 Å². The lowest BCUT2D eigenvalue weighted by Crippen LogP contribution is -2.20. The SMILES string of the molecule is CC(C)C(=O)Nc1ccc(NC(=O)COc2ccc(Br)cc2Br)cc1. The number of hydrogen-bond acceptors (Lipinski definition) is 3. The zero-order valence-corrected chi connectivity index (χ0v) is 17.0. The third-order valence-electron chi connectivity index (χ3n) is 3.21. The summed E-state index contributed by atoms with van der Waals surface area (Å²) in [5.41, 5.74) is 1.32. The molecule has 0 saturated carbocycles. The fraction of sp³-hybridized carbons (Fsp3) is 0.222. The standard InChI is InChI=1S/C18H18Br2N2O3/c1-11(2)18(24)22-14-6-4-13(5-7-14)21-17(23)10-25-16-8-3-12(19)9-15(16)20/h3-9,11H,10H2,1-2H3,(H,21,23)(H,22,24). The first-order valence-electron chi connectivity index (χ1n) is 7.64. The van der Waals surface area contributed by atoms with Crippen LogP contribution in [0.4, 0.5) is 11.4 Å². The zero-order chi connectivity index (χ0) is 18.4. The molecule has 0 heterocycles. The molecule has 0 atom stereocenters. The second kappa shape index (κ2) is 9.01. The van der Waals surface area contributed by atoms with Crippen LogP contribution in [0.15, 0.2) is 51.4 Å². The molecule has 0 unspecified atom stereocenters. The first kappa shape index (κ1) is 19.5. The molecule has 0 bridgehead atoms. The maximum Gasteiger partial charge on any atom is 0.262 e. The molecule has 0 radical (unpaired) electrons. The second-order valence-corrected chi connectivity index (χ2v) is 7.40. The quantitative estimate of drug-likeness (QED) is 0.637. The fourth-order valence-corrected chi connectivity index (χ4v) is 3.02. The van der Waals surface area contributed by atoms with Crippen molar-refractivity contribution in [2.24, 2.45) is 5.92 Å². The number of halogens is 2. The van der Waals surface area contributed by atoms with E-state index < -0.39 is 0 Å². The number of amides is 2. The van der Waals surface area contributed by atoms with Gasteiger partial charge in [-0.2, -0.15) is 0 Å². The molecule has 132 valence electrons. The van der Waals surface area contributed by atoms with E-state index in [0.717, 1.165) is 8.95 Å². The number of ether oxygens (including phenoxy) is 1. The molecule has 0 aliphatic heterocycles. The summed E-state index contributed by atoms with van der Waals surface area (Å²) in [6, 6.07) is 12.4. The van der Waals surface area contributed by atoms with Crippen molar-refractivity contribution in [3.8, 4) is 5.75 Å². The molecule has 25 heavy (non-hydrogen) atoms. The van der Waals surface area contributed by atoms with Gasteiger partial charge < -0.3 is 15.4 Å². The van der Waals surface area contributed by atoms with Gasteiger partial charge in [0.1, 0.15) is 5.75 Å². The third-order valence-corrected chi connectivity index (χ3v) is 4.33. The predicted octanol–water partition coefficient (Wildman–Crippen LogP) is 4.82. The van der Waals surface area contributed by atoms with Crippen LogP contribution in [0.3, 0.4) is 0 Å². The van der Waals surface area contributed by atoms with Crippen molar-refractivity contribution in [2.45, 2.75) is 13.8 Å². The molecule has 0 spiro atoms. The fourth-order valence-electron chi connectivity index (χ4n) is 1.86. The molecule has 2 aromatic carbocycles. The number of nitrogens with one attached hydrogen (secondary N) is 2. The van der Waals surface area contributed by atoms with E-state index in [1.165, 1.54) is 0 Å². The van der Waals surface area contributed by atoms with E-state index in [-0.39, 0.29) is 24.3 Å². The van der Waals surface area contributed by atoms with Crippen molar-refractivity contribution in [1.29, 1.82) is 0 Å². The number of hydrogen-bond donors (Lipinski definition) is 2. The van der Waals surface area contributed by atoms with Crippen molar-refractivity contribution in [1.82, 2.24) is 0 Å². The van der Waals surface area contributed by atoms with E-state index in [1.54, 1.807) is 30.3 Å². The highest BCUT2D eigenvalue weighted by Gasteiger charge is 2.09. The van der Waals surface area contributed by atoms with E-state index in [1.807, 2.05) is 26.0 Å². The zero-order valence-electron chi connectivity index (χ0n) is 13.8. The average Bonchev–Trinajstić information content (AvgIpc) is 2.55. The minimum atomic E-state index is -0.270. The van der Waals surface area contributed by atoms with E-state index in [2.05, 4.69) is 42.5 Å². The van der Waals surface area contributed by atoms with Gasteiger partial charge >= 0.3 is 0 Å². The minimum Gasteiger partial charge on any atom is -0.483 e. The monoisotopic (exact) mass is 468 g/mol. The number of benzene rings is 2. The van der Waals surface area contributed by atoms with Gasteiger partial charge in [-0.05, 0) is 58.4 Å². The predicted molar refractivity (Wildman–Crippen MR) is 106 cm³/mol. The van der Waals surface area contributed by atoms with Gasteiger partial charge in [-0.15, -0.1) is 0 Å². The normalized spacial score (nSPS) is 10.4. The molecule has 2 rings (SSSR count). The summed E-state index contributed by atoms with van der Waals surface area (Å²) in [5.74, 6) is 0.179. The highest BCUT2D eigenvalue weighted by molar-refractivity contribution is 9.11. The Hall–Kier alpha value is -1.86. The molecule has 0 aliphatic rings. The Labute approximate surface area is 163 Å². The Balaban J connectivity index is 1.87. The number of carbonyl (C=O) groups excluding carboxylic acids is 2. The summed E-state index contributed by atoms with van der Waals surface area (Å²) in [6.45, 7) is 3.55. The topological polar surface area (TPSA) is 67.4 Å². The molecule has 0 aromatic heterocycles. The summed E-state index contributed by atoms with van der Waals surface area (Å²) in [4.78, 5) is 23.6. The van der Waals surface area contributed by atoms with E-state index >= 15 is 0 Å². The Morgan fingerprint density at radius 2 is 1.60 bits per heavy atom. The van der Waals surface area contributed by atoms with Gasteiger partial charge in [0.05, 0.1) is 4.47 Å². The van der Waals surface area contributed by atoms with Crippen LogP contribution in [0.1, 0.15) is 13.8 Å². The largest absolute Gasteiger partial charge is 0.483 e. The van der Waals surface area contributed by atoms with Gasteiger partial charge in [0.15, 0.2) is 6.61 Å². The summed E-state index contributed by atoms with van der Waals surface area (Å²) in [5, 5.41) is 5.54. The van der Waals surface area contributed by atoms with Crippen molar-refractivity contribution in [2.75, 3.05) is 17.2 Å². The summed E-state index contributed by atoms with van der Waals surface area (Å²) in [7, 11) is 0. The van der Waals surface area contributed by atoms with E-state index in [4.69, 9.17) is 4.74 Å². The van der Waals surface area contributed by atoms with Gasteiger partial charge in [0.2, 0.25) is 5.91 Å². The molecular weight excluding hydrogens is 452 g/mol. The van der Waals surface area contributed by atoms with Crippen molar-refractivity contribution < 1.29 is 14.3 Å². The van der Waals surface area contributed by atoms with Crippen LogP contribution in [0.25, 0.3) is 0 Å². The Morgan fingerprint density at radius 1 is 1.00 bits per heavy atom. The number of rotatable bonds is 6. The average molecular weight is 470 g/mol. The molecule has 0 aliphatic carbocycles. The first-order valence-corrected chi connectivity index (χ1v) is 9.22. The van der Waals surface area contributed by atoms with Gasteiger partial charge in [-0.3, -0.25) is 9.59 Å². The van der Waals surface area contributed by atoms with Crippen molar-refractivity contribution in [3.63, 3.8) is 0 Å². The van der Waals surface area contributed by atoms with E-state index in [9.17, 15) is 9.59 Å². The highest BCUT2D eigenvalue weighted by atomic mass is 79.9. The van der Waals surface area contributed by atoms with Crippen molar-refractivity contribution in [3.05, 3.63) is 51.4 Å². The third kappa shape index (κ3) is 6.17. The molecule has 5 nitrogen and oxygen atoms in total. The van der Waals surface area contributed by atoms with Crippen LogP contribution in [0.2, 0.25) is 0 Å². The maximum atomic E-state index is 12.0. The highest BCUT2D eigenvalue weighted by Crippen LogP contribution is 2.28. The molecule has 2 aromatic rings. The minimum absolute atomic E-state index is 0.0507. The van der Waals surface area contributed by atoms with Crippen LogP contribution >= 0.6 is 31.9 Å². The van der Waals surface area contributed by atoms with E-state index in [0.29, 0.717) is 17.1 Å². The Bertz CT molecular complexity index is 761. The first-order chi connectivity index (χ1) is 11.8. The number of carbonyl (C=O) groups is 2. The van der Waals surface area contributed by atoms with Crippen LogP contribution in [-0.2, 0) is 9.59 Å².